The molecule has 3 aromatic heterocycles. The van der Waals surface area contributed by atoms with E-state index in [1.165, 1.54) is 0 Å². The number of nitrogens with one attached hydrogen (secondary N) is 2. The van der Waals surface area contributed by atoms with Crippen LogP contribution in [-0.2, 0) is 20.9 Å². The second-order valence-electron chi connectivity index (χ2n) is 10.7. The number of carbonyl (C=O) groups is 2. The minimum absolute atomic E-state index is 0.111. The lowest BCUT2D eigenvalue weighted by Gasteiger charge is -2.23. The Hall–Kier alpha value is -4.98. The number of hydrogen-bond donors (Lipinski definition) is 2. The summed E-state index contributed by atoms with van der Waals surface area (Å²) < 4.78 is 7.35. The second-order valence-corrected chi connectivity index (χ2v) is 10.7. The highest BCUT2D eigenvalue weighted by molar-refractivity contribution is 5.86. The Morgan fingerprint density at radius 2 is 1.57 bits per heavy atom. The van der Waals surface area contributed by atoms with Crippen LogP contribution in [0.4, 0.5) is 0 Å². The SMILES string of the molecule is CC(C)CC(NC(=O)C(CC(=O)OCc1ccccc1)n1ccc(-c2ccc(-c3ccncc3)cc2)c1)c1ncc[nH]1. The number of imidazole rings is 1. The minimum Gasteiger partial charge on any atom is -0.461 e. The Bertz CT molecular complexity index is 1560. The topological polar surface area (TPSA) is 102 Å². The largest absolute Gasteiger partial charge is 0.461 e. The number of ether oxygens (including phenoxy) is 1. The van der Waals surface area contributed by atoms with Crippen LogP contribution in [0.3, 0.4) is 0 Å². The number of esters is 1. The zero-order valence-electron chi connectivity index (χ0n) is 23.8. The van der Waals surface area contributed by atoms with Crippen molar-refractivity contribution < 1.29 is 14.3 Å². The Kier molecular flexibility index (Phi) is 9.23. The lowest BCUT2D eigenvalue weighted by molar-refractivity contribution is -0.147. The van der Waals surface area contributed by atoms with Gasteiger partial charge in [-0.1, -0.05) is 68.4 Å². The van der Waals surface area contributed by atoms with Gasteiger partial charge in [-0.15, -0.1) is 0 Å². The molecule has 0 fully saturated rings. The fourth-order valence-electron chi connectivity index (χ4n) is 4.91. The fraction of sp³-hybridized carbons (Fsp3) is 0.235. The van der Waals surface area contributed by atoms with E-state index in [4.69, 9.17) is 4.74 Å². The summed E-state index contributed by atoms with van der Waals surface area (Å²) in [6, 6.07) is 22.5. The van der Waals surface area contributed by atoms with Crippen molar-refractivity contribution in [1.82, 2.24) is 24.8 Å². The molecule has 2 N–H and O–H groups in total. The van der Waals surface area contributed by atoms with Gasteiger partial charge in [-0.3, -0.25) is 14.6 Å². The van der Waals surface area contributed by atoms with E-state index in [0.717, 1.165) is 27.8 Å². The molecule has 5 aromatic rings. The molecule has 0 aliphatic rings. The summed E-state index contributed by atoms with van der Waals surface area (Å²) in [5.41, 5.74) is 5.02. The maximum absolute atomic E-state index is 13.8. The van der Waals surface area contributed by atoms with E-state index in [1.807, 2.05) is 73.1 Å². The summed E-state index contributed by atoms with van der Waals surface area (Å²) >= 11 is 0. The van der Waals surface area contributed by atoms with Gasteiger partial charge in [0.1, 0.15) is 18.5 Å². The molecule has 5 rings (SSSR count). The summed E-state index contributed by atoms with van der Waals surface area (Å²) in [5.74, 6) is 0.284. The first kappa shape index (κ1) is 28.5. The Morgan fingerprint density at radius 3 is 2.24 bits per heavy atom. The predicted molar refractivity (Wildman–Crippen MR) is 162 cm³/mol. The molecule has 0 radical (unpaired) electrons. The third kappa shape index (κ3) is 7.40. The van der Waals surface area contributed by atoms with Crippen LogP contribution in [0.2, 0.25) is 0 Å². The molecule has 2 unspecified atom stereocenters. The first-order valence-corrected chi connectivity index (χ1v) is 14.1. The van der Waals surface area contributed by atoms with Crippen LogP contribution in [0.15, 0.2) is 110 Å². The van der Waals surface area contributed by atoms with Crippen molar-refractivity contribution >= 4 is 11.9 Å². The van der Waals surface area contributed by atoms with Crippen LogP contribution >= 0.6 is 0 Å². The zero-order valence-corrected chi connectivity index (χ0v) is 23.8. The Balaban J connectivity index is 1.36. The van der Waals surface area contributed by atoms with Crippen LogP contribution in [0.25, 0.3) is 22.3 Å². The van der Waals surface area contributed by atoms with Gasteiger partial charge in [-0.2, -0.15) is 0 Å². The molecule has 0 spiro atoms. The molecule has 0 saturated carbocycles. The first-order chi connectivity index (χ1) is 20.5. The Labute approximate surface area is 245 Å². The van der Waals surface area contributed by atoms with Crippen molar-refractivity contribution in [2.75, 3.05) is 0 Å². The highest BCUT2D eigenvalue weighted by atomic mass is 16.5. The van der Waals surface area contributed by atoms with E-state index in [-0.39, 0.29) is 25.0 Å². The van der Waals surface area contributed by atoms with Gasteiger partial charge in [-0.25, -0.2) is 4.98 Å². The third-order valence-electron chi connectivity index (χ3n) is 7.08. The minimum atomic E-state index is -0.803. The molecule has 0 aliphatic carbocycles. The number of carbonyl (C=O) groups excluding carboxylic acids is 2. The number of H-pyrrole nitrogens is 1. The average Bonchev–Trinajstić information content (AvgIpc) is 3.73. The maximum Gasteiger partial charge on any atom is 0.308 e. The molecule has 214 valence electrons. The molecule has 42 heavy (non-hydrogen) atoms. The summed E-state index contributed by atoms with van der Waals surface area (Å²) in [4.78, 5) is 38.4. The molecule has 0 aliphatic heterocycles. The van der Waals surface area contributed by atoms with Crippen molar-refractivity contribution in [1.29, 1.82) is 0 Å². The fourth-order valence-corrected chi connectivity index (χ4v) is 4.91. The molecule has 2 aromatic carbocycles. The van der Waals surface area contributed by atoms with E-state index in [2.05, 4.69) is 46.2 Å². The highest BCUT2D eigenvalue weighted by Gasteiger charge is 2.28. The van der Waals surface area contributed by atoms with Crippen molar-refractivity contribution in [3.05, 3.63) is 121 Å². The van der Waals surface area contributed by atoms with E-state index < -0.39 is 12.0 Å². The molecule has 0 saturated heterocycles. The van der Waals surface area contributed by atoms with E-state index in [1.54, 1.807) is 29.4 Å². The number of nitrogens with zero attached hydrogens (tertiary/aromatic N) is 3. The van der Waals surface area contributed by atoms with Crippen molar-refractivity contribution in [2.45, 2.75) is 45.4 Å². The van der Waals surface area contributed by atoms with E-state index >= 15 is 0 Å². The van der Waals surface area contributed by atoms with Gasteiger partial charge in [-0.05, 0) is 58.4 Å². The molecule has 0 bridgehead atoms. The molecular weight excluding hydrogens is 526 g/mol. The maximum atomic E-state index is 13.8. The van der Waals surface area contributed by atoms with Crippen LogP contribution in [-0.4, -0.2) is 31.4 Å². The summed E-state index contributed by atoms with van der Waals surface area (Å²) in [6.45, 7) is 4.34. The number of rotatable bonds is 12. The van der Waals surface area contributed by atoms with Crippen LogP contribution in [0.5, 0.6) is 0 Å². The lowest BCUT2D eigenvalue weighted by atomic mass is 10.0. The number of benzene rings is 2. The van der Waals surface area contributed by atoms with Gasteiger partial charge in [0.15, 0.2) is 0 Å². The average molecular weight is 562 g/mol. The normalized spacial score (nSPS) is 12.5. The second kappa shape index (κ2) is 13.6. The zero-order chi connectivity index (χ0) is 29.3. The summed E-state index contributed by atoms with van der Waals surface area (Å²) in [6.07, 6.45) is 11.3. The number of aromatic nitrogens is 4. The van der Waals surface area contributed by atoms with Gasteiger partial charge in [0.2, 0.25) is 5.91 Å². The van der Waals surface area contributed by atoms with Gasteiger partial charge in [0, 0.05) is 37.2 Å². The molecular formula is C34H35N5O3. The highest BCUT2D eigenvalue weighted by Crippen LogP contribution is 2.27. The van der Waals surface area contributed by atoms with Crippen LogP contribution in [0, 0.1) is 5.92 Å². The number of pyridine rings is 1. The Morgan fingerprint density at radius 1 is 0.881 bits per heavy atom. The lowest BCUT2D eigenvalue weighted by Crippen LogP contribution is -2.37. The molecule has 2 atom stereocenters. The quantitative estimate of drug-likeness (QED) is 0.169. The van der Waals surface area contributed by atoms with E-state index in [9.17, 15) is 9.59 Å². The standard InChI is InChI=1S/C34H35N5O3/c1-24(2)20-30(33-36-17-18-37-33)38-34(41)31(21-32(40)42-23-25-6-4-3-5-7-25)39-19-14-29(22-39)27-10-8-26(9-11-27)28-12-15-35-16-13-28/h3-19,22,24,30-31H,20-21,23H2,1-2H3,(H,36,37)(H,38,41). The molecule has 1 amide bonds. The van der Waals surface area contributed by atoms with Crippen molar-refractivity contribution in [3.8, 4) is 22.3 Å². The smallest absolute Gasteiger partial charge is 0.308 e. The monoisotopic (exact) mass is 561 g/mol. The number of hydrogen-bond acceptors (Lipinski definition) is 5. The van der Waals surface area contributed by atoms with Gasteiger partial charge in [0.25, 0.3) is 0 Å². The molecule has 8 heteroatoms. The predicted octanol–water partition coefficient (Wildman–Crippen LogP) is 6.52. The van der Waals surface area contributed by atoms with Crippen molar-refractivity contribution in [2.24, 2.45) is 5.92 Å². The van der Waals surface area contributed by atoms with E-state index in [0.29, 0.717) is 18.2 Å². The van der Waals surface area contributed by atoms with Gasteiger partial charge >= 0.3 is 5.97 Å². The van der Waals surface area contributed by atoms with Crippen LogP contribution < -0.4 is 5.32 Å². The van der Waals surface area contributed by atoms with Crippen LogP contribution in [0.1, 0.15) is 50.2 Å². The van der Waals surface area contributed by atoms with Gasteiger partial charge < -0.3 is 19.6 Å². The number of aromatic amines is 1. The van der Waals surface area contributed by atoms with Crippen molar-refractivity contribution in [3.63, 3.8) is 0 Å². The molecule has 3 heterocycles. The van der Waals surface area contributed by atoms with Gasteiger partial charge in [0.05, 0.1) is 12.5 Å². The first-order valence-electron chi connectivity index (χ1n) is 14.1. The third-order valence-corrected chi connectivity index (χ3v) is 7.08. The number of amides is 1. The molecule has 8 nitrogen and oxygen atoms in total. The summed E-state index contributed by atoms with van der Waals surface area (Å²) in [7, 11) is 0. The summed E-state index contributed by atoms with van der Waals surface area (Å²) in [5, 5.41) is 3.14.